The smallest absolute Gasteiger partial charge is 0.273 e. The third-order valence-electron chi connectivity index (χ3n) is 3.39. The molecule has 0 spiro atoms. The molecule has 0 N–H and O–H groups in total. The Labute approximate surface area is 121 Å². The first kappa shape index (κ1) is 15.4. The maximum absolute atomic E-state index is 13.7. The molecule has 0 saturated heterocycles. The Hall–Kier alpha value is -0.940. The third-order valence-corrected chi connectivity index (χ3v) is 4.88. The average Bonchev–Trinajstić information content (AvgIpc) is 2.64. The highest BCUT2D eigenvalue weighted by molar-refractivity contribution is 7.91. The van der Waals surface area contributed by atoms with Gasteiger partial charge in [0, 0.05) is 17.5 Å². The van der Waals surface area contributed by atoms with Crippen LogP contribution in [0.15, 0.2) is 22.6 Å². The van der Waals surface area contributed by atoms with E-state index in [2.05, 4.69) is 4.40 Å². The molecule has 1 aromatic carbocycles. The SMILES string of the molecule is C/C(=N\[S+]([O-])C(C)(C)C)c1cccc2c1CCC2(F)F. The van der Waals surface area contributed by atoms with Crippen LogP contribution >= 0.6 is 0 Å². The van der Waals surface area contributed by atoms with Gasteiger partial charge in [-0.15, -0.1) is 0 Å². The molecule has 1 unspecified atom stereocenters. The molecular formula is C15H19F2NOS. The molecule has 0 radical (unpaired) electrons. The van der Waals surface area contributed by atoms with E-state index in [4.69, 9.17) is 0 Å². The molecule has 0 amide bonds. The van der Waals surface area contributed by atoms with Gasteiger partial charge in [-0.05, 0) is 39.7 Å². The van der Waals surface area contributed by atoms with Gasteiger partial charge in [0.1, 0.15) is 16.1 Å². The van der Waals surface area contributed by atoms with Crippen LogP contribution < -0.4 is 0 Å². The van der Waals surface area contributed by atoms with Gasteiger partial charge in [0.25, 0.3) is 5.92 Å². The van der Waals surface area contributed by atoms with Crippen LogP contribution in [0.1, 0.15) is 50.8 Å². The highest BCUT2D eigenvalue weighted by Crippen LogP contribution is 2.42. The molecule has 110 valence electrons. The Morgan fingerprint density at radius 2 is 2.00 bits per heavy atom. The van der Waals surface area contributed by atoms with Gasteiger partial charge in [0.15, 0.2) is 0 Å². The lowest BCUT2D eigenvalue weighted by atomic mass is 10.00. The Bertz CT molecular complexity index is 549. The number of alkyl halides is 2. The molecule has 2 nitrogen and oxygen atoms in total. The summed E-state index contributed by atoms with van der Waals surface area (Å²) in [5.74, 6) is -2.76. The second-order valence-electron chi connectivity index (χ2n) is 6.07. The van der Waals surface area contributed by atoms with Gasteiger partial charge in [-0.25, -0.2) is 8.78 Å². The summed E-state index contributed by atoms with van der Waals surface area (Å²) >= 11 is -1.38. The first-order valence-corrected chi connectivity index (χ1v) is 7.71. The fourth-order valence-corrected chi connectivity index (χ4v) is 2.89. The molecular weight excluding hydrogens is 280 g/mol. The van der Waals surface area contributed by atoms with E-state index < -0.39 is 22.0 Å². The van der Waals surface area contributed by atoms with Gasteiger partial charge in [-0.1, -0.05) is 22.6 Å². The van der Waals surface area contributed by atoms with Gasteiger partial charge in [-0.3, -0.25) is 0 Å². The van der Waals surface area contributed by atoms with E-state index in [1.807, 2.05) is 20.8 Å². The van der Waals surface area contributed by atoms with Crippen LogP contribution in [-0.4, -0.2) is 15.0 Å². The minimum absolute atomic E-state index is 0.0890. The quantitative estimate of drug-likeness (QED) is 0.600. The summed E-state index contributed by atoms with van der Waals surface area (Å²) in [6, 6.07) is 4.87. The van der Waals surface area contributed by atoms with E-state index in [-0.39, 0.29) is 12.0 Å². The number of hydrogen-bond donors (Lipinski definition) is 0. The van der Waals surface area contributed by atoms with Crippen molar-refractivity contribution in [1.82, 2.24) is 0 Å². The fourth-order valence-electron chi connectivity index (χ4n) is 2.26. The molecule has 0 bridgehead atoms. The molecule has 1 aromatic rings. The number of benzene rings is 1. The van der Waals surface area contributed by atoms with Gasteiger partial charge >= 0.3 is 0 Å². The van der Waals surface area contributed by atoms with Crippen LogP contribution in [0.3, 0.4) is 0 Å². The predicted octanol–water partition coefficient (Wildman–Crippen LogP) is 4.00. The second kappa shape index (κ2) is 5.11. The Morgan fingerprint density at radius 3 is 2.60 bits per heavy atom. The van der Waals surface area contributed by atoms with E-state index in [0.717, 1.165) is 0 Å². The van der Waals surface area contributed by atoms with Crippen LogP contribution in [0.4, 0.5) is 8.78 Å². The summed E-state index contributed by atoms with van der Waals surface area (Å²) in [6.07, 6.45) is 0.183. The zero-order chi connectivity index (χ0) is 15.1. The van der Waals surface area contributed by atoms with Crippen LogP contribution in [0, 0.1) is 0 Å². The molecule has 0 aliphatic heterocycles. The van der Waals surface area contributed by atoms with Crippen molar-refractivity contribution in [2.45, 2.75) is 51.2 Å². The van der Waals surface area contributed by atoms with Crippen molar-refractivity contribution in [2.75, 3.05) is 0 Å². The van der Waals surface area contributed by atoms with Crippen molar-refractivity contribution in [3.8, 4) is 0 Å². The normalized spacial score (nSPS) is 19.9. The van der Waals surface area contributed by atoms with Crippen LogP contribution in [0.2, 0.25) is 0 Å². The number of rotatable bonds is 2. The van der Waals surface area contributed by atoms with Gasteiger partial charge in [0.05, 0.1) is 5.71 Å². The maximum atomic E-state index is 13.7. The molecule has 1 atom stereocenters. The minimum Gasteiger partial charge on any atom is -0.591 e. The average molecular weight is 299 g/mol. The Morgan fingerprint density at radius 1 is 1.35 bits per heavy atom. The molecule has 0 aromatic heterocycles. The number of fused-ring (bicyclic) bond motifs is 1. The maximum Gasteiger partial charge on any atom is 0.273 e. The van der Waals surface area contributed by atoms with E-state index in [9.17, 15) is 13.3 Å². The first-order chi connectivity index (χ1) is 9.13. The molecule has 1 aliphatic rings. The Kier molecular flexibility index (Phi) is 3.95. The summed E-state index contributed by atoms with van der Waals surface area (Å²) in [5, 5.41) is 0. The highest BCUT2D eigenvalue weighted by Gasteiger charge is 2.40. The van der Waals surface area contributed by atoms with Crippen molar-refractivity contribution in [2.24, 2.45) is 4.40 Å². The standard InChI is InChI=1S/C15H19F2NOS/c1-10(18-20(19)14(2,3)4)11-6-5-7-13-12(11)8-9-15(13,16)17/h5-7H,8-9H2,1-4H3/b18-10+. The van der Waals surface area contributed by atoms with Gasteiger partial charge in [0.2, 0.25) is 0 Å². The van der Waals surface area contributed by atoms with E-state index in [1.165, 1.54) is 6.07 Å². The summed E-state index contributed by atoms with van der Waals surface area (Å²) in [5.41, 5.74) is 1.99. The predicted molar refractivity (Wildman–Crippen MR) is 78.8 cm³/mol. The molecule has 0 heterocycles. The van der Waals surface area contributed by atoms with Crippen molar-refractivity contribution in [3.63, 3.8) is 0 Å². The minimum atomic E-state index is -2.76. The zero-order valence-electron chi connectivity index (χ0n) is 12.2. The molecule has 0 saturated carbocycles. The summed E-state index contributed by atoms with van der Waals surface area (Å²) in [4.78, 5) is 0. The molecule has 1 aliphatic carbocycles. The third kappa shape index (κ3) is 2.88. The molecule has 20 heavy (non-hydrogen) atoms. The second-order valence-corrected chi connectivity index (χ2v) is 7.98. The van der Waals surface area contributed by atoms with E-state index in [1.54, 1.807) is 19.1 Å². The summed E-state index contributed by atoms with van der Waals surface area (Å²) in [7, 11) is 0. The van der Waals surface area contributed by atoms with Gasteiger partial charge < -0.3 is 4.55 Å². The first-order valence-electron chi connectivity index (χ1n) is 6.61. The summed E-state index contributed by atoms with van der Waals surface area (Å²) in [6.45, 7) is 7.24. The molecule has 5 heteroatoms. The number of hydrogen-bond acceptors (Lipinski definition) is 2. The van der Waals surface area contributed by atoms with E-state index >= 15 is 0 Å². The highest BCUT2D eigenvalue weighted by atomic mass is 32.2. The van der Waals surface area contributed by atoms with Crippen molar-refractivity contribution >= 4 is 17.1 Å². The molecule has 2 rings (SSSR count). The molecule has 0 fully saturated rings. The van der Waals surface area contributed by atoms with Crippen LogP contribution in [0.5, 0.6) is 0 Å². The largest absolute Gasteiger partial charge is 0.591 e. The van der Waals surface area contributed by atoms with E-state index in [0.29, 0.717) is 23.3 Å². The van der Waals surface area contributed by atoms with Crippen molar-refractivity contribution < 1.29 is 13.3 Å². The van der Waals surface area contributed by atoms with Crippen molar-refractivity contribution in [3.05, 3.63) is 34.9 Å². The number of halogens is 2. The van der Waals surface area contributed by atoms with Gasteiger partial charge in [-0.2, -0.15) is 0 Å². The van der Waals surface area contributed by atoms with Crippen LogP contribution in [0.25, 0.3) is 0 Å². The monoisotopic (exact) mass is 299 g/mol. The lowest BCUT2D eigenvalue weighted by molar-refractivity contribution is -0.00184. The lowest BCUT2D eigenvalue weighted by Gasteiger charge is -2.19. The van der Waals surface area contributed by atoms with Crippen molar-refractivity contribution in [1.29, 1.82) is 0 Å². The zero-order valence-corrected chi connectivity index (χ0v) is 13.0. The van der Waals surface area contributed by atoms with Crippen LogP contribution in [-0.2, 0) is 23.7 Å². The fraction of sp³-hybridized carbons (Fsp3) is 0.533. The topological polar surface area (TPSA) is 35.4 Å². The lowest BCUT2D eigenvalue weighted by Crippen LogP contribution is -2.26. The number of nitrogens with zero attached hydrogens (tertiary/aromatic N) is 1. The summed E-state index contributed by atoms with van der Waals surface area (Å²) < 4.78 is 43.2. The Balaban J connectivity index is 2.41.